The molecule has 1 fully saturated rings. The number of ether oxygens (including phenoxy) is 6. The molecule has 1 aliphatic carbocycles. The maximum atomic E-state index is 13.5. The molecule has 7 atom stereocenters. The van der Waals surface area contributed by atoms with Crippen molar-refractivity contribution < 1.29 is 71.9 Å². The lowest BCUT2D eigenvalue weighted by Crippen LogP contribution is -2.42. The van der Waals surface area contributed by atoms with E-state index in [1.54, 1.807) is 0 Å². The molecular formula is C69H114O15. The zero-order chi connectivity index (χ0) is 61.4. The van der Waals surface area contributed by atoms with Crippen molar-refractivity contribution in [3.8, 4) is 0 Å². The molecule has 0 bridgehead atoms. The van der Waals surface area contributed by atoms with Crippen LogP contribution in [0, 0.1) is 35.5 Å². The van der Waals surface area contributed by atoms with E-state index in [0.29, 0.717) is 32.1 Å². The zero-order valence-electron chi connectivity index (χ0n) is 52.8. The highest BCUT2D eigenvalue weighted by molar-refractivity contribution is 5.95. The number of allylic oxidation sites excluding steroid dienone is 4. The molecular weight excluding hydrogens is 1070 g/mol. The average molecular weight is 1180 g/mol. The van der Waals surface area contributed by atoms with Crippen LogP contribution < -0.4 is 0 Å². The van der Waals surface area contributed by atoms with Crippen LogP contribution in [0.25, 0.3) is 0 Å². The summed E-state index contributed by atoms with van der Waals surface area (Å²) in [4.78, 5) is 101. The largest absolute Gasteiger partial charge is 0.481 e. The Morgan fingerprint density at radius 2 is 0.988 bits per heavy atom. The fourth-order valence-corrected chi connectivity index (χ4v) is 11.5. The van der Waals surface area contributed by atoms with Crippen molar-refractivity contribution >= 4 is 47.8 Å². The van der Waals surface area contributed by atoms with Crippen molar-refractivity contribution in [2.24, 2.45) is 35.5 Å². The molecule has 0 saturated carbocycles. The van der Waals surface area contributed by atoms with Crippen molar-refractivity contribution in [2.75, 3.05) is 26.4 Å². The van der Waals surface area contributed by atoms with Gasteiger partial charge in [-0.2, -0.15) is 0 Å². The van der Waals surface area contributed by atoms with E-state index in [2.05, 4.69) is 39.5 Å². The normalized spacial score (nSPS) is 18.3. The minimum atomic E-state index is -1.02. The molecule has 0 amide bonds. The average Bonchev–Trinajstić information content (AvgIpc) is 3.28. The molecule has 0 aromatic heterocycles. The molecule has 1 heterocycles. The number of esters is 7. The lowest BCUT2D eigenvalue weighted by Gasteiger charge is -2.36. The van der Waals surface area contributed by atoms with Crippen LogP contribution in [-0.4, -0.2) is 85.4 Å². The number of hydrogen-bond donors (Lipinski definition) is 1. The number of carbonyl (C=O) groups excluding carboxylic acids is 7. The summed E-state index contributed by atoms with van der Waals surface area (Å²) < 4.78 is 32.3. The van der Waals surface area contributed by atoms with Crippen molar-refractivity contribution in [3.05, 3.63) is 36.5 Å². The van der Waals surface area contributed by atoms with Crippen LogP contribution in [0.3, 0.4) is 0 Å². The second-order valence-corrected chi connectivity index (χ2v) is 24.0. The minimum Gasteiger partial charge on any atom is -0.481 e. The summed E-state index contributed by atoms with van der Waals surface area (Å²) in [5.41, 5.74) is 0.234. The molecule has 15 nitrogen and oxygen atoms in total. The molecule has 84 heavy (non-hydrogen) atoms. The van der Waals surface area contributed by atoms with Gasteiger partial charge in [-0.15, -0.1) is 0 Å². The summed E-state index contributed by atoms with van der Waals surface area (Å²) in [5, 5.41) is 10.4. The predicted octanol–water partition coefficient (Wildman–Crippen LogP) is 16.3. The van der Waals surface area contributed by atoms with Crippen molar-refractivity contribution in [3.63, 3.8) is 0 Å². The Morgan fingerprint density at radius 1 is 0.560 bits per heavy atom. The molecule has 0 aromatic rings. The molecule has 480 valence electrons. The molecule has 15 heteroatoms. The molecule has 0 aromatic carbocycles. The van der Waals surface area contributed by atoms with Crippen LogP contribution in [0.2, 0.25) is 0 Å². The van der Waals surface area contributed by atoms with Crippen molar-refractivity contribution in [1.82, 2.24) is 0 Å². The van der Waals surface area contributed by atoms with E-state index < -0.39 is 65.7 Å². The van der Waals surface area contributed by atoms with Gasteiger partial charge in [0.1, 0.15) is 26.4 Å². The summed E-state index contributed by atoms with van der Waals surface area (Å²) in [6.45, 7) is 10.9. The summed E-state index contributed by atoms with van der Waals surface area (Å²) in [6.07, 6.45) is 44.5. The van der Waals surface area contributed by atoms with Gasteiger partial charge in [0.15, 0.2) is 6.10 Å². The molecule has 2 aliphatic rings. The Morgan fingerprint density at radius 3 is 1.48 bits per heavy atom. The standard InChI is InChI=1S/C69H114O15/c1-6-9-12-14-15-16-17-18-19-20-23-32-39-46-62(72)83-58(52-81-60(70)44-37-30-24-21-22-28-35-41-55(40-34-27-13-10-7-2)59-51-63(73)84-68(59)77)53-82-61(71)45-38-31-26-25-29-36-43-56-47-48-57(42-33-11-8-3)65(64(56)66(74)75)69(78)80-50-49-79-67(76)54(4)5/h35,41,47-48,55-59,64-65H,4,6-34,36-40,42-46,49-53H2,1-3,5H3,(H,74,75)/b41-35+. The third-order valence-corrected chi connectivity index (χ3v) is 16.5. The summed E-state index contributed by atoms with van der Waals surface area (Å²) in [6, 6.07) is 0. The van der Waals surface area contributed by atoms with E-state index in [4.69, 9.17) is 28.4 Å². The van der Waals surface area contributed by atoms with Gasteiger partial charge in [0.25, 0.3) is 0 Å². The van der Waals surface area contributed by atoms with Crippen molar-refractivity contribution in [2.45, 2.75) is 291 Å². The smallest absolute Gasteiger partial charge is 0.333 e. The van der Waals surface area contributed by atoms with Crippen LogP contribution in [0.5, 0.6) is 0 Å². The number of aliphatic carboxylic acids is 1. The molecule has 1 saturated heterocycles. The first-order chi connectivity index (χ1) is 40.7. The van der Waals surface area contributed by atoms with Gasteiger partial charge in [0, 0.05) is 24.8 Å². The fraction of sp³-hybridized carbons (Fsp3) is 0.797. The topological polar surface area (TPSA) is 212 Å². The van der Waals surface area contributed by atoms with Gasteiger partial charge in [0.05, 0.1) is 24.2 Å². The molecule has 1 N–H and O–H groups in total. The first-order valence-corrected chi connectivity index (χ1v) is 33.5. The summed E-state index contributed by atoms with van der Waals surface area (Å²) in [5.74, 6) is -6.96. The molecule has 1 aliphatic heterocycles. The fourth-order valence-electron chi connectivity index (χ4n) is 11.5. The van der Waals surface area contributed by atoms with E-state index in [1.165, 1.54) is 84.0 Å². The molecule has 7 unspecified atom stereocenters. The Labute approximate surface area is 506 Å². The predicted molar refractivity (Wildman–Crippen MR) is 328 cm³/mol. The van der Waals surface area contributed by atoms with Gasteiger partial charge in [-0.1, -0.05) is 231 Å². The highest BCUT2D eigenvalue weighted by atomic mass is 16.6. The van der Waals surface area contributed by atoms with Gasteiger partial charge in [-0.3, -0.25) is 33.6 Å². The highest BCUT2D eigenvalue weighted by Crippen LogP contribution is 2.40. The molecule has 2 rings (SSSR count). The van der Waals surface area contributed by atoms with Crippen LogP contribution in [-0.2, 0) is 66.8 Å². The second kappa shape index (κ2) is 49.3. The number of carboxylic acids is 1. The first kappa shape index (κ1) is 75.3. The van der Waals surface area contributed by atoms with E-state index in [9.17, 15) is 43.5 Å². The van der Waals surface area contributed by atoms with Crippen LogP contribution in [0.1, 0.15) is 285 Å². The zero-order valence-corrected chi connectivity index (χ0v) is 52.8. The van der Waals surface area contributed by atoms with Gasteiger partial charge >= 0.3 is 47.8 Å². The number of rotatable bonds is 54. The second-order valence-electron chi connectivity index (χ2n) is 24.0. The number of hydrogen-bond acceptors (Lipinski definition) is 14. The quantitative estimate of drug-likeness (QED) is 0.0150. The Kier molecular flexibility index (Phi) is 44.2. The van der Waals surface area contributed by atoms with E-state index in [-0.39, 0.29) is 81.4 Å². The molecule has 0 radical (unpaired) electrons. The lowest BCUT2D eigenvalue weighted by atomic mass is 9.67. The highest BCUT2D eigenvalue weighted by Gasteiger charge is 2.45. The Balaban J connectivity index is 1.80. The molecule has 0 spiro atoms. The maximum absolute atomic E-state index is 13.5. The van der Waals surface area contributed by atoms with Crippen molar-refractivity contribution in [1.29, 1.82) is 0 Å². The van der Waals surface area contributed by atoms with E-state index >= 15 is 0 Å². The van der Waals surface area contributed by atoms with Gasteiger partial charge in [-0.25, -0.2) is 4.79 Å². The lowest BCUT2D eigenvalue weighted by molar-refractivity contribution is -0.167. The maximum Gasteiger partial charge on any atom is 0.333 e. The number of cyclic esters (lactones) is 2. The first-order valence-electron chi connectivity index (χ1n) is 33.5. The number of carboxylic acid groups (broad SMARTS) is 1. The van der Waals surface area contributed by atoms with E-state index in [0.717, 1.165) is 122 Å². The third-order valence-electron chi connectivity index (χ3n) is 16.5. The van der Waals surface area contributed by atoms with Gasteiger partial charge < -0.3 is 33.5 Å². The number of carbonyl (C=O) groups is 8. The number of unbranched alkanes of at least 4 members (excludes halogenated alkanes) is 28. The Bertz CT molecular complexity index is 1920. The summed E-state index contributed by atoms with van der Waals surface area (Å²) in [7, 11) is 0. The van der Waals surface area contributed by atoms with Gasteiger partial charge in [0.2, 0.25) is 0 Å². The SMILES string of the molecule is C=C(C)C(=O)OCCOC(=O)C1C(CCCCC)C=CC(CCCCCCCCC(=O)OCC(COC(=O)CCCCCCC/C=C/C(CCCCCCC)C2CC(=O)OC2=O)OC(=O)CCCCCCCCCCCCCCC)C1C(=O)O. The van der Waals surface area contributed by atoms with Gasteiger partial charge in [-0.05, 0) is 76.0 Å². The monoisotopic (exact) mass is 1180 g/mol. The Hall–Kier alpha value is -4.82. The van der Waals surface area contributed by atoms with E-state index in [1.807, 2.05) is 12.2 Å². The van der Waals surface area contributed by atoms with Crippen LogP contribution >= 0.6 is 0 Å². The third kappa shape index (κ3) is 36.2. The summed E-state index contributed by atoms with van der Waals surface area (Å²) >= 11 is 0. The minimum absolute atomic E-state index is 0.0138. The van der Waals surface area contributed by atoms with Crippen LogP contribution in [0.4, 0.5) is 0 Å². The van der Waals surface area contributed by atoms with Crippen LogP contribution in [0.15, 0.2) is 36.5 Å².